The third kappa shape index (κ3) is 1.48. The van der Waals surface area contributed by atoms with Crippen molar-refractivity contribution in [2.75, 3.05) is 5.73 Å². The number of nitrogens with two attached hydrogens (primary N) is 1. The van der Waals surface area contributed by atoms with Crippen LogP contribution in [0.3, 0.4) is 0 Å². The van der Waals surface area contributed by atoms with Gasteiger partial charge in [0.25, 0.3) is 0 Å². The Balaban J connectivity index is 2.00. The maximum absolute atomic E-state index is 6.42. The van der Waals surface area contributed by atoms with E-state index < -0.39 is 0 Å². The Kier molecular flexibility index (Phi) is 2.33. The largest absolute Gasteiger partial charge is 0.398 e. The number of pyridine rings is 1. The van der Waals surface area contributed by atoms with Crippen molar-refractivity contribution in [2.45, 2.75) is 19.3 Å². The first-order valence-corrected chi connectivity index (χ1v) is 6.93. The molecule has 1 aromatic carbocycles. The van der Waals surface area contributed by atoms with Crippen LogP contribution in [0.5, 0.6) is 0 Å². The predicted molar refractivity (Wildman–Crippen MR) is 80.4 cm³/mol. The number of fused-ring (bicyclic) bond motifs is 2. The van der Waals surface area contributed by atoms with E-state index in [1.165, 1.54) is 17.5 Å². The van der Waals surface area contributed by atoms with Gasteiger partial charge in [-0.25, -0.2) is 4.98 Å². The van der Waals surface area contributed by atoms with Crippen LogP contribution in [0.2, 0.25) is 0 Å². The van der Waals surface area contributed by atoms with E-state index in [0.29, 0.717) is 0 Å². The zero-order valence-electron chi connectivity index (χ0n) is 11.4. The Hall–Kier alpha value is -2.36. The van der Waals surface area contributed by atoms with E-state index in [9.17, 15) is 0 Å². The van der Waals surface area contributed by atoms with Crippen LogP contribution < -0.4 is 5.73 Å². The molecule has 0 fully saturated rings. The van der Waals surface area contributed by atoms with Crippen LogP contribution in [0.15, 0.2) is 30.6 Å². The van der Waals surface area contributed by atoms with Crippen molar-refractivity contribution in [1.29, 1.82) is 0 Å². The number of nitrogen functional groups attached to an aromatic ring is 1. The van der Waals surface area contributed by atoms with Gasteiger partial charge in [-0.2, -0.15) is 5.10 Å². The van der Waals surface area contributed by atoms with Crippen LogP contribution in [0.25, 0.3) is 22.2 Å². The second kappa shape index (κ2) is 4.07. The summed E-state index contributed by atoms with van der Waals surface area (Å²) in [5.41, 5.74) is 13.2. The Morgan fingerprint density at radius 2 is 2.05 bits per heavy atom. The van der Waals surface area contributed by atoms with Gasteiger partial charge >= 0.3 is 0 Å². The first-order chi connectivity index (χ1) is 9.75. The molecule has 0 spiro atoms. The highest BCUT2D eigenvalue weighted by atomic mass is 15.3. The number of anilines is 1. The van der Waals surface area contributed by atoms with Crippen LogP contribution in [0, 0.1) is 0 Å². The summed E-state index contributed by atoms with van der Waals surface area (Å²) in [7, 11) is 1.91. The Morgan fingerprint density at radius 1 is 1.15 bits per heavy atom. The molecule has 0 saturated heterocycles. The molecule has 3 aromatic rings. The van der Waals surface area contributed by atoms with Crippen LogP contribution in [-0.4, -0.2) is 14.8 Å². The molecule has 0 amide bonds. The maximum atomic E-state index is 6.42. The summed E-state index contributed by atoms with van der Waals surface area (Å²) in [6.45, 7) is 0. The molecule has 0 aliphatic heterocycles. The fraction of sp³-hybridized carbons (Fsp3) is 0.250. The molecule has 2 N–H and O–H groups in total. The summed E-state index contributed by atoms with van der Waals surface area (Å²) in [5, 5.41) is 5.35. The second-order valence-electron chi connectivity index (χ2n) is 5.38. The Morgan fingerprint density at radius 3 is 2.95 bits per heavy atom. The van der Waals surface area contributed by atoms with Crippen molar-refractivity contribution in [2.24, 2.45) is 7.05 Å². The number of aryl methyl sites for hydroxylation is 2. The Bertz CT molecular complexity index is 817. The molecule has 0 bridgehead atoms. The molecule has 20 heavy (non-hydrogen) atoms. The van der Waals surface area contributed by atoms with E-state index in [1.54, 1.807) is 4.68 Å². The van der Waals surface area contributed by atoms with Gasteiger partial charge in [0, 0.05) is 29.9 Å². The van der Waals surface area contributed by atoms with E-state index in [-0.39, 0.29) is 0 Å². The summed E-state index contributed by atoms with van der Waals surface area (Å²) < 4.78 is 1.79. The average molecular weight is 264 g/mol. The zero-order valence-corrected chi connectivity index (χ0v) is 11.4. The van der Waals surface area contributed by atoms with Crippen molar-refractivity contribution in [3.8, 4) is 11.1 Å². The third-order valence-electron chi connectivity index (χ3n) is 4.25. The first-order valence-electron chi connectivity index (χ1n) is 6.93. The molecule has 0 saturated carbocycles. The quantitative estimate of drug-likeness (QED) is 0.687. The number of hydrogen-bond acceptors (Lipinski definition) is 3. The summed E-state index contributed by atoms with van der Waals surface area (Å²) in [5.74, 6) is 0. The Labute approximate surface area is 117 Å². The van der Waals surface area contributed by atoms with Gasteiger partial charge in [-0.1, -0.05) is 12.1 Å². The van der Waals surface area contributed by atoms with Crippen molar-refractivity contribution in [3.63, 3.8) is 0 Å². The van der Waals surface area contributed by atoms with Gasteiger partial charge in [-0.3, -0.25) is 4.68 Å². The molecule has 4 rings (SSSR count). The molecule has 4 nitrogen and oxygen atoms in total. The number of nitrogens with zero attached hydrogens (tertiary/aromatic N) is 3. The van der Waals surface area contributed by atoms with Crippen LogP contribution in [-0.2, 0) is 19.9 Å². The minimum Gasteiger partial charge on any atom is -0.398 e. The lowest BCUT2D eigenvalue weighted by molar-refractivity contribution is 0.786. The van der Waals surface area contributed by atoms with Crippen LogP contribution in [0.4, 0.5) is 5.69 Å². The van der Waals surface area contributed by atoms with Gasteiger partial charge in [-0.15, -0.1) is 0 Å². The molecule has 0 atom stereocenters. The molecule has 0 radical (unpaired) electrons. The van der Waals surface area contributed by atoms with Gasteiger partial charge in [0.15, 0.2) is 5.65 Å². The van der Waals surface area contributed by atoms with Gasteiger partial charge in [0.2, 0.25) is 0 Å². The van der Waals surface area contributed by atoms with E-state index in [4.69, 9.17) is 5.73 Å². The molecule has 2 heterocycles. The highest BCUT2D eigenvalue weighted by Gasteiger charge is 2.18. The highest BCUT2D eigenvalue weighted by molar-refractivity contribution is 5.96. The second-order valence-corrected chi connectivity index (χ2v) is 5.38. The smallest absolute Gasteiger partial charge is 0.158 e. The monoisotopic (exact) mass is 264 g/mol. The predicted octanol–water partition coefficient (Wildman–Crippen LogP) is 2.71. The third-order valence-corrected chi connectivity index (χ3v) is 4.25. The SMILES string of the molecule is Cn1ncc2c(-c3ccc4c(c3N)CCC4)ccnc21. The fourth-order valence-electron chi connectivity index (χ4n) is 3.21. The lowest BCUT2D eigenvalue weighted by Gasteiger charge is -2.11. The highest BCUT2D eigenvalue weighted by Crippen LogP contribution is 2.37. The average Bonchev–Trinajstić information content (AvgIpc) is 3.07. The number of rotatable bonds is 1. The minimum atomic E-state index is 0.891. The van der Waals surface area contributed by atoms with E-state index >= 15 is 0 Å². The normalized spacial score (nSPS) is 13.8. The minimum absolute atomic E-state index is 0.891. The topological polar surface area (TPSA) is 56.7 Å². The molecule has 1 aliphatic carbocycles. The molecule has 100 valence electrons. The lowest BCUT2D eigenvalue weighted by atomic mass is 9.97. The van der Waals surface area contributed by atoms with E-state index in [1.807, 2.05) is 25.5 Å². The van der Waals surface area contributed by atoms with E-state index in [0.717, 1.165) is 40.7 Å². The van der Waals surface area contributed by atoms with Crippen molar-refractivity contribution < 1.29 is 0 Å². The van der Waals surface area contributed by atoms with Crippen LogP contribution in [0.1, 0.15) is 17.5 Å². The van der Waals surface area contributed by atoms with Crippen LogP contribution >= 0.6 is 0 Å². The van der Waals surface area contributed by atoms with Gasteiger partial charge in [0.1, 0.15) is 0 Å². The molecule has 2 aromatic heterocycles. The molecular formula is C16H16N4. The van der Waals surface area contributed by atoms with Crippen molar-refractivity contribution in [1.82, 2.24) is 14.8 Å². The first kappa shape index (κ1) is 11.5. The summed E-state index contributed by atoms with van der Waals surface area (Å²) in [6.07, 6.45) is 7.15. The molecular weight excluding hydrogens is 248 g/mol. The van der Waals surface area contributed by atoms with Gasteiger partial charge < -0.3 is 5.73 Å². The van der Waals surface area contributed by atoms with E-state index in [2.05, 4.69) is 22.2 Å². The van der Waals surface area contributed by atoms with Crippen molar-refractivity contribution in [3.05, 3.63) is 41.7 Å². The van der Waals surface area contributed by atoms with Crippen molar-refractivity contribution >= 4 is 16.7 Å². The lowest BCUT2D eigenvalue weighted by Crippen LogP contribution is -1.98. The summed E-state index contributed by atoms with van der Waals surface area (Å²) in [6, 6.07) is 6.38. The zero-order chi connectivity index (χ0) is 13.7. The number of benzene rings is 1. The molecule has 4 heteroatoms. The van der Waals surface area contributed by atoms with Gasteiger partial charge in [0.05, 0.1) is 6.20 Å². The standard InChI is InChI=1S/C16H16N4/c1-20-16-14(9-19-20)12(7-8-18-16)13-6-5-10-3-2-4-11(10)15(13)17/h5-9H,2-4,17H2,1H3. The number of aromatic nitrogens is 3. The summed E-state index contributed by atoms with van der Waals surface area (Å²) >= 11 is 0. The molecule has 1 aliphatic rings. The molecule has 0 unspecified atom stereocenters. The summed E-state index contributed by atoms with van der Waals surface area (Å²) in [4.78, 5) is 4.39. The van der Waals surface area contributed by atoms with Gasteiger partial charge in [-0.05, 0) is 42.0 Å². The fourth-order valence-corrected chi connectivity index (χ4v) is 3.21. The maximum Gasteiger partial charge on any atom is 0.158 e. The number of hydrogen-bond donors (Lipinski definition) is 1.